The molecule has 3 heterocycles. The van der Waals surface area contributed by atoms with Crippen molar-refractivity contribution in [1.82, 2.24) is 14.5 Å². The van der Waals surface area contributed by atoms with Gasteiger partial charge in [-0.15, -0.1) is 11.3 Å². The number of thiophene rings is 1. The zero-order chi connectivity index (χ0) is 19.1. The lowest BCUT2D eigenvalue weighted by molar-refractivity contribution is -0.131. The van der Waals surface area contributed by atoms with Crippen LogP contribution in [-0.2, 0) is 30.7 Å². The Labute approximate surface area is 161 Å². The van der Waals surface area contributed by atoms with Gasteiger partial charge in [-0.05, 0) is 49.8 Å². The molecular formula is C20H23N3O3S. The molecule has 3 aromatic heterocycles. The van der Waals surface area contributed by atoms with Crippen molar-refractivity contribution in [3.8, 4) is 0 Å². The molecule has 1 amide bonds. The summed E-state index contributed by atoms with van der Waals surface area (Å²) < 4.78 is 6.95. The highest BCUT2D eigenvalue weighted by molar-refractivity contribution is 7.18. The molecule has 0 unspecified atom stereocenters. The summed E-state index contributed by atoms with van der Waals surface area (Å²) in [6, 6.07) is 3.73. The highest BCUT2D eigenvalue weighted by Gasteiger charge is 2.23. The van der Waals surface area contributed by atoms with Gasteiger partial charge in [-0.2, -0.15) is 0 Å². The molecule has 0 saturated carbocycles. The SMILES string of the molecule is Cc1ccc(CN(C)C(=O)Cn2cnc3sc4c(c3c2=O)CC[C@H](C)C4)o1. The fourth-order valence-electron chi connectivity index (χ4n) is 3.64. The number of likely N-dealkylation sites (N-methyl/N-ethyl adjacent to an activating group) is 1. The molecule has 0 spiro atoms. The van der Waals surface area contributed by atoms with E-state index >= 15 is 0 Å². The quantitative estimate of drug-likeness (QED) is 0.692. The second kappa shape index (κ2) is 6.96. The van der Waals surface area contributed by atoms with Crippen molar-refractivity contribution < 1.29 is 9.21 Å². The van der Waals surface area contributed by atoms with Crippen molar-refractivity contribution in [2.45, 2.75) is 46.2 Å². The molecule has 7 heteroatoms. The van der Waals surface area contributed by atoms with Crippen LogP contribution in [0.5, 0.6) is 0 Å². The Bertz CT molecular complexity index is 1060. The predicted octanol–water partition coefficient (Wildman–Crippen LogP) is 3.14. The van der Waals surface area contributed by atoms with Gasteiger partial charge < -0.3 is 9.32 Å². The van der Waals surface area contributed by atoms with Crippen LogP contribution in [0.4, 0.5) is 0 Å². The summed E-state index contributed by atoms with van der Waals surface area (Å²) in [5.41, 5.74) is 1.04. The average Bonchev–Trinajstić information content (AvgIpc) is 3.20. The van der Waals surface area contributed by atoms with Gasteiger partial charge in [0.25, 0.3) is 5.56 Å². The van der Waals surface area contributed by atoms with E-state index in [4.69, 9.17) is 4.42 Å². The third-order valence-electron chi connectivity index (χ3n) is 5.20. The Kier molecular flexibility index (Phi) is 4.63. The molecule has 0 N–H and O–H groups in total. The lowest BCUT2D eigenvalue weighted by atomic mass is 9.89. The Morgan fingerprint density at radius 3 is 3.00 bits per heavy atom. The van der Waals surface area contributed by atoms with Crippen molar-refractivity contribution in [1.29, 1.82) is 0 Å². The number of hydrogen-bond acceptors (Lipinski definition) is 5. The number of amides is 1. The fraction of sp³-hybridized carbons (Fsp3) is 0.450. The third kappa shape index (κ3) is 3.43. The molecule has 1 aliphatic rings. The number of aromatic nitrogens is 2. The first-order chi connectivity index (χ1) is 12.9. The largest absolute Gasteiger partial charge is 0.464 e. The van der Waals surface area contributed by atoms with Crippen molar-refractivity contribution in [2.75, 3.05) is 7.05 Å². The highest BCUT2D eigenvalue weighted by Crippen LogP contribution is 2.35. The molecule has 0 bridgehead atoms. The van der Waals surface area contributed by atoms with Crippen LogP contribution in [0.2, 0.25) is 0 Å². The summed E-state index contributed by atoms with van der Waals surface area (Å²) >= 11 is 1.62. The molecule has 0 aromatic carbocycles. The lowest BCUT2D eigenvalue weighted by Gasteiger charge is -2.18. The van der Waals surface area contributed by atoms with E-state index in [9.17, 15) is 9.59 Å². The third-order valence-corrected chi connectivity index (χ3v) is 6.36. The zero-order valence-corrected chi connectivity index (χ0v) is 16.6. The number of carbonyl (C=O) groups is 1. The molecular weight excluding hydrogens is 362 g/mol. The minimum atomic E-state index is -0.148. The summed E-state index contributed by atoms with van der Waals surface area (Å²) in [7, 11) is 1.71. The fourth-order valence-corrected chi connectivity index (χ4v) is 4.98. The topological polar surface area (TPSA) is 68.3 Å². The summed E-state index contributed by atoms with van der Waals surface area (Å²) in [5.74, 6) is 2.04. The van der Waals surface area contributed by atoms with Crippen molar-refractivity contribution in [3.05, 3.63) is 50.8 Å². The van der Waals surface area contributed by atoms with Crippen LogP contribution in [-0.4, -0.2) is 27.4 Å². The normalized spacial score (nSPS) is 16.5. The van der Waals surface area contributed by atoms with Crippen molar-refractivity contribution in [2.24, 2.45) is 5.92 Å². The Hall–Kier alpha value is -2.41. The molecule has 3 aromatic rings. The van der Waals surface area contributed by atoms with Gasteiger partial charge in [-0.1, -0.05) is 6.92 Å². The number of furan rings is 1. The van der Waals surface area contributed by atoms with Gasteiger partial charge in [0.15, 0.2) is 0 Å². The van der Waals surface area contributed by atoms with Gasteiger partial charge in [-0.3, -0.25) is 14.2 Å². The molecule has 6 nitrogen and oxygen atoms in total. The van der Waals surface area contributed by atoms with Crippen LogP contribution < -0.4 is 5.56 Å². The summed E-state index contributed by atoms with van der Waals surface area (Å²) in [5, 5.41) is 0.710. The Morgan fingerprint density at radius 2 is 2.26 bits per heavy atom. The standard InChI is InChI=1S/C20H23N3O3S/c1-12-4-7-15-16(8-12)27-19-18(15)20(25)23(11-21-19)10-17(24)22(3)9-14-6-5-13(2)26-14/h5-6,11-12H,4,7-10H2,1-3H3/t12-/m0/s1. The van der Waals surface area contributed by atoms with Gasteiger partial charge in [0, 0.05) is 11.9 Å². The second-order valence-electron chi connectivity index (χ2n) is 7.47. The summed E-state index contributed by atoms with van der Waals surface area (Å²) in [4.78, 5) is 33.7. The van der Waals surface area contributed by atoms with E-state index < -0.39 is 0 Å². The number of aryl methyl sites for hydroxylation is 2. The number of fused-ring (bicyclic) bond motifs is 3. The smallest absolute Gasteiger partial charge is 0.262 e. The lowest BCUT2D eigenvalue weighted by Crippen LogP contribution is -2.33. The van der Waals surface area contributed by atoms with Gasteiger partial charge in [0.1, 0.15) is 22.9 Å². The van der Waals surface area contributed by atoms with Gasteiger partial charge in [0.05, 0.1) is 18.3 Å². The minimum absolute atomic E-state index is 0.0149. The van der Waals surface area contributed by atoms with Crippen LogP contribution in [0, 0.1) is 12.8 Å². The first kappa shape index (κ1) is 18.0. The van der Waals surface area contributed by atoms with E-state index in [1.807, 2.05) is 19.1 Å². The maximum Gasteiger partial charge on any atom is 0.262 e. The van der Waals surface area contributed by atoms with E-state index in [-0.39, 0.29) is 18.0 Å². The minimum Gasteiger partial charge on any atom is -0.464 e. The number of rotatable bonds is 4. The molecule has 1 aliphatic carbocycles. The van der Waals surface area contributed by atoms with Crippen molar-refractivity contribution >= 4 is 27.5 Å². The van der Waals surface area contributed by atoms with Gasteiger partial charge in [-0.25, -0.2) is 4.98 Å². The molecule has 0 radical (unpaired) electrons. The van der Waals surface area contributed by atoms with Gasteiger partial charge in [0.2, 0.25) is 5.91 Å². The van der Waals surface area contributed by atoms with Crippen LogP contribution in [0.25, 0.3) is 10.2 Å². The first-order valence-corrected chi connectivity index (χ1v) is 10.0. The highest BCUT2D eigenvalue weighted by atomic mass is 32.1. The van der Waals surface area contributed by atoms with Crippen LogP contribution in [0.15, 0.2) is 27.7 Å². The van der Waals surface area contributed by atoms with Crippen molar-refractivity contribution in [3.63, 3.8) is 0 Å². The maximum atomic E-state index is 13.0. The molecule has 27 heavy (non-hydrogen) atoms. The van der Waals surface area contributed by atoms with E-state index in [0.29, 0.717) is 17.8 Å². The van der Waals surface area contributed by atoms with Crippen LogP contribution in [0.1, 0.15) is 35.3 Å². The molecule has 0 aliphatic heterocycles. The summed E-state index contributed by atoms with van der Waals surface area (Å²) in [6.45, 7) is 4.48. The molecule has 1 atom stereocenters. The van der Waals surface area contributed by atoms with E-state index in [1.54, 1.807) is 23.3 Å². The number of hydrogen-bond donors (Lipinski definition) is 0. The molecule has 4 rings (SSSR count). The Morgan fingerprint density at radius 1 is 1.44 bits per heavy atom. The maximum absolute atomic E-state index is 13.0. The van der Waals surface area contributed by atoms with E-state index in [2.05, 4.69) is 11.9 Å². The second-order valence-corrected chi connectivity index (χ2v) is 8.56. The average molecular weight is 385 g/mol. The Balaban J connectivity index is 1.57. The van der Waals surface area contributed by atoms with E-state index in [0.717, 1.165) is 41.2 Å². The van der Waals surface area contributed by atoms with Gasteiger partial charge >= 0.3 is 0 Å². The van der Waals surface area contributed by atoms with Crippen LogP contribution in [0.3, 0.4) is 0 Å². The first-order valence-electron chi connectivity index (χ1n) is 9.21. The predicted molar refractivity (Wildman–Crippen MR) is 105 cm³/mol. The number of carbonyl (C=O) groups excluding carboxylic acids is 1. The summed E-state index contributed by atoms with van der Waals surface area (Å²) in [6.07, 6.45) is 4.53. The monoisotopic (exact) mass is 385 g/mol. The van der Waals surface area contributed by atoms with Crippen LogP contribution >= 0.6 is 11.3 Å². The molecule has 0 saturated heterocycles. The molecule has 142 valence electrons. The zero-order valence-electron chi connectivity index (χ0n) is 15.8. The molecule has 0 fully saturated rings. The number of nitrogens with zero attached hydrogens (tertiary/aromatic N) is 3. The van der Waals surface area contributed by atoms with E-state index in [1.165, 1.54) is 15.8 Å².